The lowest BCUT2D eigenvalue weighted by atomic mass is 10.0. The molecule has 1 aromatic carbocycles. The number of hydrogen-bond acceptors (Lipinski definition) is 3. The van der Waals surface area contributed by atoms with Gasteiger partial charge in [-0.2, -0.15) is 0 Å². The highest BCUT2D eigenvalue weighted by molar-refractivity contribution is 5.94. The van der Waals surface area contributed by atoms with Gasteiger partial charge in [-0.3, -0.25) is 4.79 Å². The second kappa shape index (κ2) is 7.29. The number of amides is 1. The van der Waals surface area contributed by atoms with Crippen molar-refractivity contribution in [2.45, 2.75) is 38.6 Å². The Labute approximate surface area is 121 Å². The third kappa shape index (κ3) is 4.23. The zero-order chi connectivity index (χ0) is 14.4. The molecular formula is C16H25N3O. The van der Waals surface area contributed by atoms with Crippen molar-refractivity contribution in [3.05, 3.63) is 29.8 Å². The fourth-order valence-corrected chi connectivity index (χ4v) is 2.71. The molecule has 1 aliphatic heterocycles. The Morgan fingerprint density at radius 1 is 1.35 bits per heavy atom. The molecule has 0 aromatic heterocycles. The molecule has 2 rings (SSSR count). The lowest BCUT2D eigenvalue weighted by Gasteiger charge is -2.33. The molecule has 110 valence electrons. The molecule has 1 heterocycles. The highest BCUT2D eigenvalue weighted by Gasteiger charge is 2.17. The zero-order valence-corrected chi connectivity index (χ0v) is 12.3. The Morgan fingerprint density at radius 2 is 2.10 bits per heavy atom. The minimum atomic E-state index is -0.0170. The summed E-state index contributed by atoms with van der Waals surface area (Å²) in [5.41, 5.74) is 6.96. The van der Waals surface area contributed by atoms with Crippen molar-refractivity contribution >= 4 is 11.6 Å². The minimum Gasteiger partial charge on any atom is -0.399 e. The summed E-state index contributed by atoms with van der Waals surface area (Å²) in [5, 5.41) is 2.97. The maximum atomic E-state index is 11.9. The molecule has 4 heteroatoms. The molecule has 1 fully saturated rings. The van der Waals surface area contributed by atoms with Crippen LogP contribution in [0.15, 0.2) is 24.3 Å². The molecule has 3 N–H and O–H groups in total. The monoisotopic (exact) mass is 275 g/mol. The van der Waals surface area contributed by atoms with Crippen LogP contribution < -0.4 is 11.1 Å². The van der Waals surface area contributed by atoms with Crippen LogP contribution in [-0.4, -0.2) is 36.5 Å². The van der Waals surface area contributed by atoms with Gasteiger partial charge in [0, 0.05) is 30.4 Å². The van der Waals surface area contributed by atoms with Gasteiger partial charge in [-0.05, 0) is 57.0 Å². The van der Waals surface area contributed by atoms with Gasteiger partial charge < -0.3 is 16.0 Å². The summed E-state index contributed by atoms with van der Waals surface area (Å²) in [6, 6.07) is 7.72. The summed E-state index contributed by atoms with van der Waals surface area (Å²) in [6.07, 6.45) is 4.97. The Bertz CT molecular complexity index is 430. The van der Waals surface area contributed by atoms with Crippen LogP contribution in [0.5, 0.6) is 0 Å². The molecule has 1 aromatic rings. The van der Waals surface area contributed by atoms with E-state index in [0.717, 1.165) is 19.5 Å². The number of nitrogens with two attached hydrogens (primary N) is 1. The van der Waals surface area contributed by atoms with Gasteiger partial charge in [-0.1, -0.05) is 6.42 Å². The summed E-state index contributed by atoms with van der Waals surface area (Å²) in [4.78, 5) is 14.4. The SMILES string of the molecule is CC1CCCCN1CCCNC(=O)c1ccc(N)cc1. The van der Waals surface area contributed by atoms with Crippen molar-refractivity contribution < 1.29 is 4.79 Å². The first-order chi connectivity index (χ1) is 9.66. The molecule has 0 aliphatic carbocycles. The molecule has 1 amide bonds. The fourth-order valence-electron chi connectivity index (χ4n) is 2.71. The maximum Gasteiger partial charge on any atom is 0.251 e. The first-order valence-electron chi connectivity index (χ1n) is 7.54. The summed E-state index contributed by atoms with van der Waals surface area (Å²) in [5.74, 6) is -0.0170. The normalized spacial score (nSPS) is 19.8. The van der Waals surface area contributed by atoms with E-state index in [2.05, 4.69) is 17.1 Å². The molecule has 1 atom stereocenters. The van der Waals surface area contributed by atoms with Crippen molar-refractivity contribution in [2.75, 3.05) is 25.4 Å². The molecule has 0 radical (unpaired) electrons. The Balaban J connectivity index is 1.67. The number of rotatable bonds is 5. The molecule has 0 bridgehead atoms. The molecule has 0 saturated carbocycles. The Hall–Kier alpha value is -1.55. The molecule has 0 spiro atoms. The molecule has 1 unspecified atom stereocenters. The summed E-state index contributed by atoms with van der Waals surface area (Å²) < 4.78 is 0. The highest BCUT2D eigenvalue weighted by Crippen LogP contribution is 2.16. The van der Waals surface area contributed by atoms with Crippen molar-refractivity contribution in [1.82, 2.24) is 10.2 Å². The number of nitrogen functional groups attached to an aromatic ring is 1. The molecule has 1 saturated heterocycles. The number of likely N-dealkylation sites (tertiary alicyclic amines) is 1. The van der Waals surface area contributed by atoms with Crippen molar-refractivity contribution in [3.8, 4) is 0 Å². The number of anilines is 1. The van der Waals surface area contributed by atoms with E-state index in [1.54, 1.807) is 24.3 Å². The van der Waals surface area contributed by atoms with E-state index in [9.17, 15) is 4.79 Å². The van der Waals surface area contributed by atoms with Crippen LogP contribution in [0.2, 0.25) is 0 Å². The predicted molar refractivity (Wildman–Crippen MR) is 82.7 cm³/mol. The van der Waals surface area contributed by atoms with E-state index in [1.807, 2.05) is 0 Å². The van der Waals surface area contributed by atoms with Crippen molar-refractivity contribution in [2.24, 2.45) is 0 Å². The topological polar surface area (TPSA) is 58.4 Å². The smallest absolute Gasteiger partial charge is 0.251 e. The predicted octanol–water partition coefficient (Wildman–Crippen LogP) is 2.26. The van der Waals surface area contributed by atoms with E-state index in [0.29, 0.717) is 17.3 Å². The number of piperidine rings is 1. The minimum absolute atomic E-state index is 0.0170. The van der Waals surface area contributed by atoms with Crippen LogP contribution in [0.25, 0.3) is 0 Å². The van der Waals surface area contributed by atoms with Crippen LogP contribution in [0.1, 0.15) is 43.0 Å². The van der Waals surface area contributed by atoms with E-state index < -0.39 is 0 Å². The van der Waals surface area contributed by atoms with E-state index in [1.165, 1.54) is 25.8 Å². The lowest BCUT2D eigenvalue weighted by molar-refractivity contribution is 0.0949. The van der Waals surface area contributed by atoms with Crippen LogP contribution >= 0.6 is 0 Å². The third-order valence-electron chi connectivity index (χ3n) is 4.02. The zero-order valence-electron chi connectivity index (χ0n) is 12.3. The first kappa shape index (κ1) is 14.9. The highest BCUT2D eigenvalue weighted by atomic mass is 16.1. The summed E-state index contributed by atoms with van der Waals surface area (Å²) in [6.45, 7) is 5.30. The van der Waals surface area contributed by atoms with Gasteiger partial charge in [0.1, 0.15) is 0 Å². The number of hydrogen-bond donors (Lipinski definition) is 2. The van der Waals surface area contributed by atoms with E-state index >= 15 is 0 Å². The van der Waals surface area contributed by atoms with Crippen LogP contribution in [-0.2, 0) is 0 Å². The standard InChI is InChI=1S/C16H25N3O/c1-13-5-2-3-11-19(13)12-4-10-18-16(20)14-6-8-15(17)9-7-14/h6-9,13H,2-5,10-12,17H2,1H3,(H,18,20). The number of nitrogens with one attached hydrogen (secondary N) is 1. The fraction of sp³-hybridized carbons (Fsp3) is 0.562. The Morgan fingerprint density at radius 3 is 2.80 bits per heavy atom. The molecule has 20 heavy (non-hydrogen) atoms. The first-order valence-corrected chi connectivity index (χ1v) is 7.54. The lowest BCUT2D eigenvalue weighted by Crippen LogP contribution is -2.39. The van der Waals surface area contributed by atoms with E-state index in [4.69, 9.17) is 5.73 Å². The van der Waals surface area contributed by atoms with Gasteiger partial charge in [-0.15, -0.1) is 0 Å². The van der Waals surface area contributed by atoms with Gasteiger partial charge in [0.15, 0.2) is 0 Å². The van der Waals surface area contributed by atoms with E-state index in [-0.39, 0.29) is 5.91 Å². The van der Waals surface area contributed by atoms with Crippen LogP contribution in [0.3, 0.4) is 0 Å². The van der Waals surface area contributed by atoms with Crippen molar-refractivity contribution in [1.29, 1.82) is 0 Å². The molecule has 4 nitrogen and oxygen atoms in total. The van der Waals surface area contributed by atoms with Crippen LogP contribution in [0.4, 0.5) is 5.69 Å². The summed E-state index contributed by atoms with van der Waals surface area (Å²) in [7, 11) is 0. The maximum absolute atomic E-state index is 11.9. The van der Waals surface area contributed by atoms with Gasteiger partial charge in [0.2, 0.25) is 0 Å². The summed E-state index contributed by atoms with van der Waals surface area (Å²) >= 11 is 0. The average Bonchev–Trinajstić information content (AvgIpc) is 2.46. The number of benzene rings is 1. The van der Waals surface area contributed by atoms with Crippen molar-refractivity contribution in [3.63, 3.8) is 0 Å². The number of carbonyl (C=O) groups excluding carboxylic acids is 1. The molecule has 1 aliphatic rings. The van der Waals surface area contributed by atoms with Crippen LogP contribution in [0, 0.1) is 0 Å². The largest absolute Gasteiger partial charge is 0.399 e. The average molecular weight is 275 g/mol. The molecular weight excluding hydrogens is 250 g/mol. The second-order valence-electron chi connectivity index (χ2n) is 5.61. The van der Waals surface area contributed by atoms with Gasteiger partial charge >= 0.3 is 0 Å². The van der Waals surface area contributed by atoms with Gasteiger partial charge in [0.25, 0.3) is 5.91 Å². The van der Waals surface area contributed by atoms with Gasteiger partial charge in [0.05, 0.1) is 0 Å². The third-order valence-corrected chi connectivity index (χ3v) is 4.02. The van der Waals surface area contributed by atoms with Gasteiger partial charge in [-0.25, -0.2) is 0 Å². The second-order valence-corrected chi connectivity index (χ2v) is 5.61. The quantitative estimate of drug-likeness (QED) is 0.640. The Kier molecular flexibility index (Phi) is 5.41. The number of carbonyl (C=O) groups is 1. The number of nitrogens with zero attached hydrogens (tertiary/aromatic N) is 1.